The van der Waals surface area contributed by atoms with Gasteiger partial charge in [0, 0.05) is 31.7 Å². The van der Waals surface area contributed by atoms with Crippen molar-refractivity contribution < 1.29 is 18.7 Å². The second-order valence-electron chi connectivity index (χ2n) is 7.85. The van der Waals surface area contributed by atoms with Gasteiger partial charge in [-0.3, -0.25) is 9.59 Å². The number of aromatic nitrogens is 1. The number of fused-ring (bicyclic) bond motifs is 1. The molecule has 2 fully saturated rings. The molecule has 2 aliphatic rings. The molecule has 0 aliphatic carbocycles. The topological polar surface area (TPSA) is 102 Å². The lowest BCUT2D eigenvalue weighted by atomic mass is 9.96. The van der Waals surface area contributed by atoms with Crippen LogP contribution >= 0.6 is 0 Å². The third-order valence-electron chi connectivity index (χ3n) is 5.79. The summed E-state index contributed by atoms with van der Waals surface area (Å²) in [5.41, 5.74) is 9.34. The first kappa shape index (κ1) is 18.8. The van der Waals surface area contributed by atoms with Crippen LogP contribution in [0, 0.1) is 0 Å². The number of oxazole rings is 1. The van der Waals surface area contributed by atoms with Crippen molar-refractivity contribution in [1.29, 1.82) is 0 Å². The van der Waals surface area contributed by atoms with Gasteiger partial charge < -0.3 is 24.7 Å². The van der Waals surface area contributed by atoms with Crippen molar-refractivity contribution in [1.82, 2.24) is 14.8 Å². The summed E-state index contributed by atoms with van der Waals surface area (Å²) in [6.07, 6.45) is 1.43. The average Bonchev–Trinajstić information content (AvgIpc) is 3.24. The standard InChI is InChI=1S/C22H22N4O4/c23-22(12-29-13-22)21(28)26-9-7-25(8-10-26)20(27)16-3-1-15(2-4-16)17-5-6-19-18(11-17)24-14-30-19/h1-6,11,14H,7-10,12-13,23H2. The lowest BCUT2D eigenvalue weighted by Gasteiger charge is -2.43. The van der Waals surface area contributed by atoms with Crippen LogP contribution in [-0.4, -0.2) is 71.5 Å². The van der Waals surface area contributed by atoms with Gasteiger partial charge in [-0.25, -0.2) is 4.98 Å². The molecule has 3 heterocycles. The second-order valence-corrected chi connectivity index (χ2v) is 7.85. The van der Waals surface area contributed by atoms with Gasteiger partial charge in [0.05, 0.1) is 13.2 Å². The first-order chi connectivity index (χ1) is 14.5. The van der Waals surface area contributed by atoms with Crippen molar-refractivity contribution in [3.05, 3.63) is 54.4 Å². The fourth-order valence-electron chi connectivity index (χ4n) is 3.90. The summed E-state index contributed by atoms with van der Waals surface area (Å²) in [6.45, 7) is 2.48. The number of nitrogens with zero attached hydrogens (tertiary/aromatic N) is 3. The van der Waals surface area contributed by atoms with Crippen molar-refractivity contribution in [3.8, 4) is 11.1 Å². The van der Waals surface area contributed by atoms with E-state index in [1.165, 1.54) is 6.39 Å². The first-order valence-electron chi connectivity index (χ1n) is 9.92. The molecule has 2 N–H and O–H groups in total. The smallest absolute Gasteiger partial charge is 0.253 e. The van der Waals surface area contributed by atoms with Crippen LogP contribution in [0.2, 0.25) is 0 Å². The SMILES string of the molecule is NC1(C(=O)N2CCN(C(=O)c3ccc(-c4ccc5ocnc5c4)cc3)CC2)COC1. The van der Waals surface area contributed by atoms with E-state index in [0.717, 1.165) is 22.2 Å². The average molecular weight is 406 g/mol. The Balaban J connectivity index is 1.24. The fraction of sp³-hybridized carbons (Fsp3) is 0.318. The number of nitrogens with two attached hydrogens (primary N) is 1. The van der Waals surface area contributed by atoms with E-state index in [2.05, 4.69) is 4.98 Å². The molecule has 0 radical (unpaired) electrons. The Kier molecular flexibility index (Phi) is 4.52. The molecule has 1 aromatic heterocycles. The highest BCUT2D eigenvalue weighted by molar-refractivity contribution is 5.95. The Morgan fingerprint density at radius 3 is 2.27 bits per heavy atom. The van der Waals surface area contributed by atoms with E-state index in [-0.39, 0.29) is 25.0 Å². The number of rotatable bonds is 3. The lowest BCUT2D eigenvalue weighted by molar-refractivity contribution is -0.155. The van der Waals surface area contributed by atoms with Crippen LogP contribution < -0.4 is 5.73 Å². The molecule has 8 nitrogen and oxygen atoms in total. The van der Waals surface area contributed by atoms with Gasteiger partial charge >= 0.3 is 0 Å². The maximum absolute atomic E-state index is 12.9. The van der Waals surface area contributed by atoms with Crippen LogP contribution in [-0.2, 0) is 9.53 Å². The highest BCUT2D eigenvalue weighted by Crippen LogP contribution is 2.25. The van der Waals surface area contributed by atoms with Crippen LogP contribution in [0.4, 0.5) is 0 Å². The van der Waals surface area contributed by atoms with E-state index in [1.54, 1.807) is 9.80 Å². The minimum absolute atomic E-state index is 0.0324. The summed E-state index contributed by atoms with van der Waals surface area (Å²) in [6, 6.07) is 13.4. The normalized spacial score (nSPS) is 18.3. The zero-order valence-electron chi connectivity index (χ0n) is 16.4. The molecule has 5 rings (SSSR count). The Morgan fingerprint density at radius 1 is 0.933 bits per heavy atom. The fourth-order valence-corrected chi connectivity index (χ4v) is 3.90. The van der Waals surface area contributed by atoms with Gasteiger partial charge in [0.25, 0.3) is 5.91 Å². The van der Waals surface area contributed by atoms with Gasteiger partial charge in [0.15, 0.2) is 12.0 Å². The Hall–Kier alpha value is -3.23. The van der Waals surface area contributed by atoms with Gasteiger partial charge in [-0.1, -0.05) is 18.2 Å². The Labute approximate surface area is 173 Å². The zero-order valence-corrected chi connectivity index (χ0v) is 16.4. The van der Waals surface area contributed by atoms with Gasteiger partial charge in [-0.05, 0) is 35.4 Å². The molecule has 2 amide bonds. The summed E-state index contributed by atoms with van der Waals surface area (Å²) in [5.74, 6) is -0.121. The molecule has 2 aliphatic heterocycles. The van der Waals surface area contributed by atoms with E-state index >= 15 is 0 Å². The van der Waals surface area contributed by atoms with E-state index in [9.17, 15) is 9.59 Å². The van der Waals surface area contributed by atoms with E-state index in [1.807, 2.05) is 42.5 Å². The van der Waals surface area contributed by atoms with Gasteiger partial charge in [0.1, 0.15) is 11.1 Å². The Bertz CT molecular complexity index is 1100. The quantitative estimate of drug-likeness (QED) is 0.707. The molecule has 154 valence electrons. The number of hydrogen-bond acceptors (Lipinski definition) is 6. The predicted octanol–water partition coefficient (Wildman–Crippen LogP) is 1.51. The summed E-state index contributed by atoms with van der Waals surface area (Å²) in [5, 5.41) is 0. The van der Waals surface area contributed by atoms with Crippen molar-refractivity contribution in [2.24, 2.45) is 5.73 Å². The molecule has 0 spiro atoms. The maximum atomic E-state index is 12.9. The number of carbonyl (C=O) groups is 2. The minimum atomic E-state index is -0.892. The second kappa shape index (κ2) is 7.23. The Morgan fingerprint density at radius 2 is 1.60 bits per heavy atom. The monoisotopic (exact) mass is 406 g/mol. The van der Waals surface area contributed by atoms with E-state index in [4.69, 9.17) is 14.9 Å². The summed E-state index contributed by atoms with van der Waals surface area (Å²) >= 11 is 0. The number of piperazine rings is 1. The summed E-state index contributed by atoms with van der Waals surface area (Å²) < 4.78 is 10.4. The third-order valence-corrected chi connectivity index (χ3v) is 5.79. The molecule has 0 bridgehead atoms. The molecular formula is C22H22N4O4. The highest BCUT2D eigenvalue weighted by Gasteiger charge is 2.45. The predicted molar refractivity (Wildman–Crippen MR) is 110 cm³/mol. The van der Waals surface area contributed by atoms with Crippen LogP contribution in [0.5, 0.6) is 0 Å². The molecule has 8 heteroatoms. The minimum Gasteiger partial charge on any atom is -0.443 e. The molecule has 2 aromatic carbocycles. The van der Waals surface area contributed by atoms with Crippen LogP contribution in [0.3, 0.4) is 0 Å². The van der Waals surface area contributed by atoms with Gasteiger partial charge in [-0.2, -0.15) is 0 Å². The van der Waals surface area contributed by atoms with Crippen molar-refractivity contribution in [2.75, 3.05) is 39.4 Å². The molecule has 0 saturated carbocycles. The molecule has 30 heavy (non-hydrogen) atoms. The van der Waals surface area contributed by atoms with E-state index < -0.39 is 5.54 Å². The molecular weight excluding hydrogens is 384 g/mol. The number of carbonyl (C=O) groups excluding carboxylic acids is 2. The molecule has 0 unspecified atom stereocenters. The van der Waals surface area contributed by atoms with Crippen molar-refractivity contribution >= 4 is 22.9 Å². The highest BCUT2D eigenvalue weighted by atomic mass is 16.5. The number of benzene rings is 2. The van der Waals surface area contributed by atoms with E-state index in [0.29, 0.717) is 31.7 Å². The van der Waals surface area contributed by atoms with Crippen LogP contribution in [0.25, 0.3) is 22.2 Å². The molecule has 3 aromatic rings. The summed E-state index contributed by atoms with van der Waals surface area (Å²) in [7, 11) is 0. The van der Waals surface area contributed by atoms with Crippen LogP contribution in [0.1, 0.15) is 10.4 Å². The maximum Gasteiger partial charge on any atom is 0.253 e. The lowest BCUT2D eigenvalue weighted by Crippen LogP contribution is -2.68. The summed E-state index contributed by atoms with van der Waals surface area (Å²) in [4.78, 5) is 33.1. The van der Waals surface area contributed by atoms with Gasteiger partial charge in [-0.15, -0.1) is 0 Å². The first-order valence-corrected chi connectivity index (χ1v) is 9.92. The van der Waals surface area contributed by atoms with Crippen molar-refractivity contribution in [2.45, 2.75) is 5.54 Å². The van der Waals surface area contributed by atoms with Crippen LogP contribution in [0.15, 0.2) is 53.3 Å². The number of ether oxygens (including phenoxy) is 1. The number of amides is 2. The third kappa shape index (κ3) is 3.24. The molecule has 0 atom stereocenters. The number of hydrogen-bond donors (Lipinski definition) is 1. The van der Waals surface area contributed by atoms with Gasteiger partial charge in [0.2, 0.25) is 5.91 Å². The zero-order chi connectivity index (χ0) is 20.7. The van der Waals surface area contributed by atoms with Crippen molar-refractivity contribution in [3.63, 3.8) is 0 Å². The largest absolute Gasteiger partial charge is 0.443 e. The molecule has 2 saturated heterocycles.